The number of nitrogens with one attached hydrogen (secondary N) is 1. The summed E-state index contributed by atoms with van der Waals surface area (Å²) in [5.74, 6) is 0.368. The second-order valence-electron chi connectivity index (χ2n) is 6.93. The van der Waals surface area contributed by atoms with Crippen LogP contribution in [0.1, 0.15) is 18.9 Å². The van der Waals surface area contributed by atoms with Gasteiger partial charge in [0.15, 0.2) is 11.7 Å². The van der Waals surface area contributed by atoms with Crippen LogP contribution in [0.15, 0.2) is 53.9 Å². The Morgan fingerprint density at radius 1 is 1.29 bits per heavy atom. The molecule has 0 bridgehead atoms. The number of benzene rings is 2. The third-order valence-corrected chi connectivity index (χ3v) is 5.69. The summed E-state index contributed by atoms with van der Waals surface area (Å²) in [5.41, 5.74) is 3.20. The normalized spacial score (nSPS) is 13.2. The minimum absolute atomic E-state index is 0.0507. The molecule has 0 unspecified atom stereocenters. The molecule has 0 saturated carbocycles. The van der Waals surface area contributed by atoms with Gasteiger partial charge in [-0.3, -0.25) is 14.9 Å². The molecule has 1 aliphatic heterocycles. The molecule has 0 aliphatic carbocycles. The summed E-state index contributed by atoms with van der Waals surface area (Å²) in [7, 11) is 0. The summed E-state index contributed by atoms with van der Waals surface area (Å²) in [6.45, 7) is 2.72. The molecule has 2 aromatic carbocycles. The maximum Gasteiger partial charge on any atom is 0.265 e. The summed E-state index contributed by atoms with van der Waals surface area (Å²) < 4.78 is 5.55. The van der Waals surface area contributed by atoms with Crippen molar-refractivity contribution in [3.63, 3.8) is 0 Å². The lowest BCUT2D eigenvalue weighted by Crippen LogP contribution is -2.39. The molecule has 31 heavy (non-hydrogen) atoms. The van der Waals surface area contributed by atoms with Gasteiger partial charge in [-0.2, -0.15) is 0 Å². The van der Waals surface area contributed by atoms with Gasteiger partial charge in [-0.15, -0.1) is 11.3 Å². The number of hydrogen-bond acceptors (Lipinski definition) is 5. The molecule has 158 valence electrons. The number of aromatic nitrogens is 1. The zero-order valence-corrected chi connectivity index (χ0v) is 18.4. The van der Waals surface area contributed by atoms with Gasteiger partial charge in [0.05, 0.1) is 11.4 Å². The Kier molecular flexibility index (Phi) is 6.34. The van der Waals surface area contributed by atoms with Crippen molar-refractivity contribution in [2.24, 2.45) is 0 Å². The predicted octanol–water partition coefficient (Wildman–Crippen LogP) is 5.25. The van der Waals surface area contributed by atoms with Crippen molar-refractivity contribution in [3.05, 3.63) is 64.5 Å². The van der Waals surface area contributed by atoms with Gasteiger partial charge in [0, 0.05) is 28.6 Å². The maximum atomic E-state index is 12.2. The van der Waals surface area contributed by atoms with E-state index in [1.165, 1.54) is 17.4 Å². The van der Waals surface area contributed by atoms with Gasteiger partial charge >= 0.3 is 0 Å². The van der Waals surface area contributed by atoms with E-state index in [9.17, 15) is 9.59 Å². The van der Waals surface area contributed by atoms with Gasteiger partial charge in [-0.1, -0.05) is 30.7 Å². The first-order chi connectivity index (χ1) is 15.0. The molecule has 4 rings (SSSR count). The summed E-state index contributed by atoms with van der Waals surface area (Å²) in [6, 6.07) is 12.9. The Morgan fingerprint density at radius 3 is 2.87 bits per heavy atom. The first kappa shape index (κ1) is 21.1. The minimum Gasteiger partial charge on any atom is -0.482 e. The third-order valence-electron chi connectivity index (χ3n) is 4.68. The smallest absolute Gasteiger partial charge is 0.265 e. The lowest BCUT2D eigenvalue weighted by atomic mass is 10.1. The fourth-order valence-corrected chi connectivity index (χ4v) is 4.04. The van der Waals surface area contributed by atoms with E-state index >= 15 is 0 Å². The van der Waals surface area contributed by atoms with Crippen LogP contribution in [-0.4, -0.2) is 29.9 Å². The van der Waals surface area contributed by atoms with Crippen molar-refractivity contribution in [2.75, 3.05) is 23.4 Å². The highest BCUT2D eigenvalue weighted by atomic mass is 35.5. The number of anilines is 2. The summed E-state index contributed by atoms with van der Waals surface area (Å²) >= 11 is 7.21. The summed E-state index contributed by atoms with van der Waals surface area (Å²) in [6.07, 6.45) is 4.02. The van der Waals surface area contributed by atoms with Crippen molar-refractivity contribution < 1.29 is 14.3 Å². The molecule has 6 nitrogen and oxygen atoms in total. The van der Waals surface area contributed by atoms with Crippen LogP contribution in [0.5, 0.6) is 5.75 Å². The van der Waals surface area contributed by atoms with E-state index < -0.39 is 0 Å². The second-order valence-corrected chi connectivity index (χ2v) is 8.22. The average molecular weight is 454 g/mol. The molecule has 0 radical (unpaired) electrons. The number of hydrogen-bond donors (Lipinski definition) is 1. The number of halogens is 1. The Labute approximate surface area is 189 Å². The van der Waals surface area contributed by atoms with Crippen LogP contribution in [-0.2, 0) is 9.59 Å². The van der Waals surface area contributed by atoms with Crippen LogP contribution in [0.4, 0.5) is 10.8 Å². The Balaban J connectivity index is 1.48. The van der Waals surface area contributed by atoms with Gasteiger partial charge in [-0.05, 0) is 48.4 Å². The molecule has 0 atom stereocenters. The largest absolute Gasteiger partial charge is 0.482 e. The molecule has 1 aliphatic rings. The molecule has 0 fully saturated rings. The zero-order chi connectivity index (χ0) is 21.8. The van der Waals surface area contributed by atoms with Gasteiger partial charge in [0.25, 0.3) is 5.91 Å². The standard InChI is InChI=1S/C23H20ClN3O3S/c1-2-11-27-19-12-16(6-9-20(19)30-13-22(27)29)18-14-31-23(25-18)26-21(28)10-5-15-3-7-17(24)8-4-15/h3-10,12,14H,2,11,13H2,1H3,(H,25,26,28)/b10-5+. The Morgan fingerprint density at radius 2 is 2.10 bits per heavy atom. The topological polar surface area (TPSA) is 71.5 Å². The molecule has 2 amide bonds. The van der Waals surface area contributed by atoms with E-state index in [1.54, 1.807) is 23.1 Å². The molecule has 3 aromatic rings. The number of nitrogens with zero attached hydrogens (tertiary/aromatic N) is 2. The van der Waals surface area contributed by atoms with E-state index in [0.717, 1.165) is 28.9 Å². The number of fused-ring (bicyclic) bond motifs is 1. The van der Waals surface area contributed by atoms with E-state index in [0.29, 0.717) is 22.4 Å². The quantitative estimate of drug-likeness (QED) is 0.517. The predicted molar refractivity (Wildman–Crippen MR) is 125 cm³/mol. The van der Waals surface area contributed by atoms with Gasteiger partial charge in [0.1, 0.15) is 5.75 Å². The third kappa shape index (κ3) is 4.95. The van der Waals surface area contributed by atoms with E-state index in [-0.39, 0.29) is 18.4 Å². The molecule has 0 spiro atoms. The van der Waals surface area contributed by atoms with Gasteiger partial charge < -0.3 is 9.64 Å². The van der Waals surface area contributed by atoms with Crippen LogP contribution in [0, 0.1) is 0 Å². The zero-order valence-electron chi connectivity index (χ0n) is 16.8. The number of ether oxygens (including phenoxy) is 1. The van der Waals surface area contributed by atoms with E-state index in [2.05, 4.69) is 10.3 Å². The van der Waals surface area contributed by atoms with Crippen molar-refractivity contribution in [1.29, 1.82) is 0 Å². The fourth-order valence-electron chi connectivity index (χ4n) is 3.19. The van der Waals surface area contributed by atoms with E-state index in [4.69, 9.17) is 16.3 Å². The number of amides is 2. The summed E-state index contributed by atoms with van der Waals surface area (Å²) in [4.78, 5) is 30.7. The highest BCUT2D eigenvalue weighted by molar-refractivity contribution is 7.14. The lowest BCUT2D eigenvalue weighted by Gasteiger charge is -2.29. The minimum atomic E-state index is -0.269. The monoisotopic (exact) mass is 453 g/mol. The highest BCUT2D eigenvalue weighted by Gasteiger charge is 2.25. The van der Waals surface area contributed by atoms with Crippen LogP contribution >= 0.6 is 22.9 Å². The van der Waals surface area contributed by atoms with Crippen LogP contribution in [0.25, 0.3) is 17.3 Å². The number of carbonyl (C=O) groups excluding carboxylic acids is 2. The van der Waals surface area contributed by atoms with Crippen LogP contribution in [0.2, 0.25) is 5.02 Å². The molecule has 1 aromatic heterocycles. The fraction of sp³-hybridized carbons (Fsp3) is 0.174. The molecule has 1 N–H and O–H groups in total. The SMILES string of the molecule is CCCN1C(=O)COc2ccc(-c3csc(NC(=O)/C=C/c4ccc(Cl)cc4)n3)cc21. The van der Waals surface area contributed by atoms with Gasteiger partial charge in [-0.25, -0.2) is 4.98 Å². The number of rotatable bonds is 6. The van der Waals surface area contributed by atoms with Crippen molar-refractivity contribution >= 4 is 51.6 Å². The van der Waals surface area contributed by atoms with Gasteiger partial charge in [0.2, 0.25) is 5.91 Å². The Bertz CT molecular complexity index is 1140. The summed E-state index contributed by atoms with van der Waals surface area (Å²) in [5, 5.41) is 5.79. The molecule has 0 saturated heterocycles. The second kappa shape index (κ2) is 9.32. The van der Waals surface area contributed by atoms with Crippen molar-refractivity contribution in [3.8, 4) is 17.0 Å². The van der Waals surface area contributed by atoms with E-state index in [1.807, 2.05) is 42.6 Å². The highest BCUT2D eigenvalue weighted by Crippen LogP contribution is 2.36. The maximum absolute atomic E-state index is 12.2. The lowest BCUT2D eigenvalue weighted by molar-refractivity contribution is -0.121. The first-order valence-corrected chi connectivity index (χ1v) is 11.1. The number of thiazole rings is 1. The first-order valence-electron chi connectivity index (χ1n) is 9.81. The number of carbonyl (C=O) groups is 2. The Hall–Kier alpha value is -3.16. The molecular formula is C23H20ClN3O3S. The molecule has 2 heterocycles. The average Bonchev–Trinajstić information content (AvgIpc) is 3.23. The van der Waals surface area contributed by atoms with Crippen molar-refractivity contribution in [1.82, 2.24) is 4.98 Å². The molecular weight excluding hydrogens is 434 g/mol. The van der Waals surface area contributed by atoms with Crippen LogP contribution < -0.4 is 15.0 Å². The van der Waals surface area contributed by atoms with Crippen molar-refractivity contribution in [2.45, 2.75) is 13.3 Å². The molecule has 8 heteroatoms. The van der Waals surface area contributed by atoms with Crippen LogP contribution in [0.3, 0.4) is 0 Å².